The van der Waals surface area contributed by atoms with E-state index >= 15 is 0 Å². The second-order valence-electron chi connectivity index (χ2n) is 23.8. The van der Waals surface area contributed by atoms with Gasteiger partial charge in [0, 0.05) is 171 Å². The number of imidazole rings is 2. The summed E-state index contributed by atoms with van der Waals surface area (Å²) in [5.74, 6) is -2.56. The van der Waals surface area contributed by atoms with Gasteiger partial charge in [0.25, 0.3) is 5.91 Å². The van der Waals surface area contributed by atoms with Gasteiger partial charge in [-0.05, 0) is 90.8 Å². The number of carbonyl (C=O) groups is 7. The van der Waals surface area contributed by atoms with Gasteiger partial charge in [-0.25, -0.2) is 29.9 Å². The van der Waals surface area contributed by atoms with Gasteiger partial charge in [0.2, 0.25) is 14.7 Å². The lowest BCUT2D eigenvalue weighted by atomic mass is 10.2. The first-order chi connectivity index (χ1) is 57.0. The number of hydrogen-bond donors (Lipinski definition) is 13. The van der Waals surface area contributed by atoms with E-state index in [0.29, 0.717) is 91.1 Å². The number of carbonyl (C=O) groups excluding carboxylic acids is 6. The summed E-state index contributed by atoms with van der Waals surface area (Å²) < 4.78 is 104. The first kappa shape index (κ1) is 104. The predicted octanol–water partition coefficient (Wildman–Crippen LogP) is 2.46. The van der Waals surface area contributed by atoms with Crippen LogP contribution in [0.2, 0.25) is 37.3 Å². The number of carboxylic acids is 1. The highest BCUT2D eigenvalue weighted by atomic mass is 28.4. The summed E-state index contributed by atoms with van der Waals surface area (Å²) in [6, 6.07) is 11.9. The molecule has 5 aromatic rings. The summed E-state index contributed by atoms with van der Waals surface area (Å²) in [6.07, 6.45) is 6.51. The molecule has 3 amide bonds. The maximum Gasteiger partial charge on any atom is 0.500 e. The lowest BCUT2D eigenvalue weighted by molar-refractivity contribution is -0.153. The summed E-state index contributed by atoms with van der Waals surface area (Å²) in [4.78, 5) is 103. The van der Waals surface area contributed by atoms with Gasteiger partial charge in [0.1, 0.15) is 36.7 Å². The Morgan fingerprint density at radius 2 is 1.03 bits per heavy atom. The molecule has 0 spiro atoms. The van der Waals surface area contributed by atoms with Gasteiger partial charge in [-0.1, -0.05) is 18.2 Å². The molecule has 0 bridgehead atoms. The molecule has 3 fully saturated rings. The number of anilines is 2. The van der Waals surface area contributed by atoms with E-state index in [1.807, 2.05) is 6.07 Å². The van der Waals surface area contributed by atoms with Crippen molar-refractivity contribution in [1.29, 1.82) is 2.86 Å². The average Bonchev–Trinajstić information content (AvgIpc) is 1.64. The monoisotopic (exact) mass is 1720 g/mol. The van der Waals surface area contributed by atoms with Crippen LogP contribution in [-0.2, 0) is 92.0 Å². The highest BCUT2D eigenvalue weighted by molar-refractivity contribution is 6.71. The number of benzene rings is 1. The zero-order chi connectivity index (χ0) is 91.0. The summed E-state index contributed by atoms with van der Waals surface area (Å²) in [5, 5.41) is 54.5. The van der Waals surface area contributed by atoms with Gasteiger partial charge >= 0.3 is 50.3 Å². The number of nitrogens with zero attached hydrogens (tertiary/aromatic N) is 8. The van der Waals surface area contributed by atoms with E-state index < -0.39 is 95.5 Å². The number of aliphatic hydroxyl groups excluding tert-OH is 6. The van der Waals surface area contributed by atoms with Gasteiger partial charge in [-0.15, -0.1) is 0 Å². The number of carboxylic acid groups (broad SMARTS) is 1. The second-order valence-corrected chi connectivity index (χ2v) is 37.4. The van der Waals surface area contributed by atoms with Crippen LogP contribution in [0.15, 0.2) is 55.6 Å². The minimum atomic E-state index is -2.67. The third-order valence-corrected chi connectivity index (χ3v) is 27.3. The van der Waals surface area contributed by atoms with Crippen LogP contribution >= 0.6 is 0 Å². The van der Waals surface area contributed by atoms with Crippen LogP contribution in [0.1, 0.15) is 123 Å². The number of nitrogens with one attached hydrogen (secondary N) is 3. The van der Waals surface area contributed by atoms with Crippen LogP contribution < -0.4 is 33.2 Å². The van der Waals surface area contributed by atoms with Gasteiger partial charge in [0.15, 0.2) is 36.8 Å². The fourth-order valence-corrected chi connectivity index (χ4v) is 17.4. The number of esters is 3. The summed E-state index contributed by atoms with van der Waals surface area (Å²) in [7, 11) is 10.7. The lowest BCUT2D eigenvalue weighted by Crippen LogP contribution is -2.43. The summed E-state index contributed by atoms with van der Waals surface area (Å²) >= 11 is 0. The van der Waals surface area contributed by atoms with Crippen molar-refractivity contribution >= 4 is 110 Å². The molecule has 115 heavy (non-hydrogen) atoms. The van der Waals surface area contributed by atoms with Crippen molar-refractivity contribution in [3.63, 3.8) is 0 Å². The summed E-state index contributed by atoms with van der Waals surface area (Å²) in [5.41, 5.74) is 19.0. The second kappa shape index (κ2) is 64.7. The van der Waals surface area contributed by atoms with Crippen LogP contribution in [0.4, 0.5) is 11.6 Å². The van der Waals surface area contributed by atoms with E-state index in [1.165, 1.54) is 81.9 Å². The molecule has 3 saturated heterocycles. The maximum absolute atomic E-state index is 12.4. The highest BCUT2D eigenvalue weighted by Crippen LogP contribution is 2.34. The SMILES string of the molecule is CCO[Si](C)(C)CCCN.CO.CO.CO.CO[Si](CCCN)(OC)OC.CO[Si](CCCNC(=O)CCC(=O)O)(OC)OC.O=C1CCC(=O)O1.[2H]C[C@H]1O[C@@H](n2cnc3c(N)ncnc32)CC1OC(=O)CCC(=O)NCCC[Si](OC)(OC)OC.[2H]C[C@H]1O[C@@H](n2cnc3c(NC(=O)c4ccccc4)ncnc32)CC1O.[3H]OC.[3H]OC. The van der Waals surface area contributed by atoms with Crippen molar-refractivity contribution in [2.45, 2.75) is 172 Å². The Hall–Kier alpha value is -7.32. The molecular weight excluding hydrogens is 1590 g/mol. The van der Waals surface area contributed by atoms with Gasteiger partial charge in [-0.3, -0.25) is 42.7 Å². The van der Waals surface area contributed by atoms with Gasteiger partial charge < -0.3 is 132 Å². The number of aromatic nitrogens is 8. The molecule has 4 aromatic heterocycles. The number of amides is 3. The molecule has 0 radical (unpaired) electrons. The molecule has 1 aromatic carbocycles. The van der Waals surface area contributed by atoms with Crippen molar-refractivity contribution < 1.29 is 135 Å². The Kier molecular flexibility index (Phi) is 58.4. The third-order valence-electron chi connectivity index (χ3n) is 16.2. The number of ether oxygens (including phenoxy) is 4. The van der Waals surface area contributed by atoms with Crippen LogP contribution in [-0.4, -0.2) is 311 Å². The molecule has 8 rings (SSSR count). The van der Waals surface area contributed by atoms with E-state index in [-0.39, 0.29) is 75.9 Å². The number of rotatable bonds is 36. The quantitative estimate of drug-likeness (QED) is 0.0119. The molecule has 0 aliphatic carbocycles. The molecule has 0 saturated carbocycles. The largest absolute Gasteiger partial charge is 0.500 e. The number of nitrogens with two attached hydrogens (primary N) is 3. The fourth-order valence-electron chi connectivity index (χ4n) is 10.2. The van der Waals surface area contributed by atoms with E-state index in [0.717, 1.165) is 53.4 Å². The number of cyclic esters (lactones) is 2. The Balaban J connectivity index is -0.00000141. The van der Waals surface area contributed by atoms with Gasteiger partial charge in [-0.2, -0.15) is 0 Å². The zero-order valence-electron chi connectivity index (χ0n) is 73.4. The Bertz CT molecular complexity index is 3490. The van der Waals surface area contributed by atoms with Gasteiger partial charge in [0.05, 0.1) is 56.6 Å². The van der Waals surface area contributed by atoms with E-state index in [4.69, 9.17) is 102 Å². The maximum atomic E-state index is 12.4. The smallest absolute Gasteiger partial charge is 0.481 e. The number of aliphatic hydroxyl groups is 6. The zero-order valence-corrected chi connectivity index (χ0v) is 73.4. The van der Waals surface area contributed by atoms with Crippen molar-refractivity contribution in [1.82, 2.24) is 49.7 Å². The van der Waals surface area contributed by atoms with Crippen molar-refractivity contribution in [2.24, 2.45) is 11.5 Å². The molecule has 6 atom stereocenters. The highest BCUT2D eigenvalue weighted by Gasteiger charge is 2.40. The standard InChI is InChI=1S/C20H32N6O7Si.C17H17N5O3.C10H21NO6Si.C7H19NOSi.C6H17NO3Si.C4H4O3.5CH4O/c1-13-14(10-16(32-13)26-12-25-18-19(21)23-11-24-20(18)26)33-17(28)7-6-15(27)22-8-5-9-34(29-2,30-3)31-4;1-10-12(23)7-13(25-10)22-9-20-14-15(18-8-19-16(14)22)21-17(24)11-5-3-2-4-6-11;1-15-18(16-2,17-3)8-4-7-11-9(12)5-6-10(13)14;1-4-9-10(2,3)7-5-6-8;1-8-11(9-2,10-3)6-4-5-7;5-3-1-2-4(6)7-3;5*1-2/h11-14,16H,5-10H2,1-4H3,(H,22,27)(H2,21,23,24);2-6,8-10,12-13,23H,7H2,1H3,(H,18,19,21,24);4-8H2,1-3H3,(H,11,12)(H,13,14);4-8H2,1-3H3;4-7H2,1-3H3;1-2H2;5*2H,1H3/t13-,14?,16-;10-,12?,13-;;;;;;;;;/m11........./s1/i2*1D;;;;;2*2T;;;. The lowest BCUT2D eigenvalue weighted by Gasteiger charge is -2.24. The summed E-state index contributed by atoms with van der Waals surface area (Å²) in [6.45, 7) is 9.58. The molecular formula is C69H130N14O28Si4. The Morgan fingerprint density at radius 3 is 1.46 bits per heavy atom. The van der Waals surface area contributed by atoms with Crippen molar-refractivity contribution in [3.05, 3.63) is 61.2 Å². The Morgan fingerprint density at radius 1 is 0.609 bits per heavy atom. The number of fused-ring (bicyclic) bond motifs is 2. The molecule has 46 heteroatoms. The van der Waals surface area contributed by atoms with Crippen LogP contribution in [0.5, 0.6) is 0 Å². The van der Waals surface area contributed by atoms with Crippen molar-refractivity contribution in [3.8, 4) is 0 Å². The number of aliphatic carboxylic acids is 1. The minimum Gasteiger partial charge on any atom is -0.481 e. The molecule has 16 N–H and O–H groups in total. The molecule has 7 heterocycles. The third kappa shape index (κ3) is 42.1. The van der Waals surface area contributed by atoms with E-state index in [1.54, 1.807) is 61.1 Å². The number of nitrogen functional groups attached to an aromatic ring is 1. The minimum absolute atomic E-state index is 0.00324. The average molecular weight is 1720 g/mol. The van der Waals surface area contributed by atoms with Crippen LogP contribution in [0.25, 0.3) is 22.3 Å². The van der Waals surface area contributed by atoms with Crippen LogP contribution in [0, 0.1) is 0 Å². The normalized spacial score (nSPS) is 17.0. The van der Waals surface area contributed by atoms with E-state index in [2.05, 4.69) is 80.8 Å². The first-order valence-electron chi connectivity index (χ1n) is 38.3. The van der Waals surface area contributed by atoms with Crippen LogP contribution in [0.3, 0.4) is 0 Å². The number of hydrogen-bond acceptors (Lipinski definition) is 36. The fraction of sp³-hybridized carbons (Fsp3) is 0.667. The Labute approximate surface area is 683 Å². The molecule has 2 unspecified atom stereocenters. The van der Waals surface area contributed by atoms with E-state index in [9.17, 15) is 38.7 Å². The predicted molar refractivity (Wildman–Crippen MR) is 432 cm³/mol. The molecule has 3 aliphatic heterocycles. The molecule has 42 nitrogen and oxygen atoms in total. The first-order valence-corrected chi connectivity index (χ1v) is 45.0. The molecule has 3 aliphatic rings. The van der Waals surface area contributed by atoms with Crippen molar-refractivity contribution in [2.75, 3.05) is 143 Å². The molecule has 660 valence electrons. The topological polar surface area (TPSA) is 592 Å².